The molecule has 1 saturated heterocycles. The van der Waals surface area contributed by atoms with Gasteiger partial charge in [0, 0.05) is 24.4 Å². The van der Waals surface area contributed by atoms with Crippen LogP contribution in [-0.4, -0.2) is 45.2 Å². The molecule has 0 unspecified atom stereocenters. The number of hydrogen-bond acceptors (Lipinski definition) is 6. The van der Waals surface area contributed by atoms with Crippen LogP contribution in [0.1, 0.15) is 29.7 Å². The van der Waals surface area contributed by atoms with Gasteiger partial charge in [0.25, 0.3) is 0 Å². The number of aromatic nitrogens is 2. The maximum absolute atomic E-state index is 13.1. The van der Waals surface area contributed by atoms with Crippen LogP contribution in [0.5, 0.6) is 0 Å². The molecule has 2 heterocycles. The zero-order valence-corrected chi connectivity index (χ0v) is 13.4. The van der Waals surface area contributed by atoms with Crippen molar-refractivity contribution in [3.63, 3.8) is 0 Å². The predicted octanol–water partition coefficient (Wildman–Crippen LogP) is 1.05. The van der Waals surface area contributed by atoms with Crippen LogP contribution in [0.4, 0.5) is 4.39 Å². The molecule has 0 radical (unpaired) electrons. The molecule has 1 amide bonds. The van der Waals surface area contributed by atoms with Crippen molar-refractivity contribution in [2.45, 2.75) is 25.0 Å². The van der Waals surface area contributed by atoms with Gasteiger partial charge in [-0.2, -0.15) is 4.98 Å². The number of β-amino-alcohol motifs (C(OH)–C–C–N with tert-alkyl or cyclic N) is 1. The van der Waals surface area contributed by atoms with Gasteiger partial charge >= 0.3 is 0 Å². The lowest BCUT2D eigenvalue weighted by Gasteiger charge is -2.20. The summed E-state index contributed by atoms with van der Waals surface area (Å²) in [6.07, 6.45) is -0.0830. The van der Waals surface area contributed by atoms with E-state index in [9.17, 15) is 14.3 Å². The molecule has 3 N–H and O–H groups in total. The first kappa shape index (κ1) is 16.8. The van der Waals surface area contributed by atoms with Gasteiger partial charge in [-0.25, -0.2) is 4.39 Å². The molecule has 1 fully saturated rings. The van der Waals surface area contributed by atoms with Crippen LogP contribution >= 0.6 is 11.6 Å². The molecule has 1 aromatic carbocycles. The summed E-state index contributed by atoms with van der Waals surface area (Å²) < 4.78 is 18.3. The summed E-state index contributed by atoms with van der Waals surface area (Å²) in [6.45, 7) is 0.0254. The Morgan fingerprint density at radius 1 is 1.54 bits per heavy atom. The number of aliphatic hydroxyl groups excluding tert-OH is 1. The molecule has 9 heteroatoms. The Balaban J connectivity index is 1.78. The maximum atomic E-state index is 13.1. The molecule has 3 rings (SSSR count). The van der Waals surface area contributed by atoms with Crippen LogP contribution in [0.2, 0.25) is 5.02 Å². The smallest absolute Gasteiger partial charge is 0.249 e. The number of carbonyl (C=O) groups is 1. The fraction of sp³-hybridized carbons (Fsp3) is 0.400. The molecule has 0 spiro atoms. The summed E-state index contributed by atoms with van der Waals surface area (Å²) in [7, 11) is 0. The lowest BCUT2D eigenvalue weighted by atomic mass is 10.1. The van der Waals surface area contributed by atoms with E-state index in [-0.39, 0.29) is 36.3 Å². The lowest BCUT2D eigenvalue weighted by molar-refractivity contribution is -0.131. The van der Waals surface area contributed by atoms with Crippen molar-refractivity contribution in [1.82, 2.24) is 15.0 Å². The Morgan fingerprint density at radius 3 is 3.04 bits per heavy atom. The number of nitrogens with zero attached hydrogens (tertiary/aromatic N) is 3. The van der Waals surface area contributed by atoms with Gasteiger partial charge in [-0.05, 0) is 17.7 Å². The van der Waals surface area contributed by atoms with Crippen molar-refractivity contribution in [3.05, 3.63) is 46.3 Å². The molecule has 2 aromatic rings. The topological polar surface area (TPSA) is 105 Å². The third-order valence-corrected chi connectivity index (χ3v) is 4.26. The van der Waals surface area contributed by atoms with E-state index in [0.29, 0.717) is 17.8 Å². The summed E-state index contributed by atoms with van der Waals surface area (Å²) >= 11 is 5.99. The minimum Gasteiger partial charge on any atom is -0.391 e. The van der Waals surface area contributed by atoms with E-state index >= 15 is 0 Å². The van der Waals surface area contributed by atoms with Gasteiger partial charge in [0.2, 0.25) is 11.8 Å². The Hall–Kier alpha value is -2.03. The summed E-state index contributed by atoms with van der Waals surface area (Å²) in [5, 5.41) is 14.0. The third kappa shape index (κ3) is 3.40. The molecule has 24 heavy (non-hydrogen) atoms. The van der Waals surface area contributed by atoms with Gasteiger partial charge in [-0.1, -0.05) is 22.8 Å². The Morgan fingerprint density at radius 2 is 2.33 bits per heavy atom. The van der Waals surface area contributed by atoms with Gasteiger partial charge in [-0.3, -0.25) is 4.79 Å². The average Bonchev–Trinajstić information content (AvgIpc) is 3.15. The second kappa shape index (κ2) is 6.84. The molecule has 128 valence electrons. The van der Waals surface area contributed by atoms with E-state index < -0.39 is 18.0 Å². The highest BCUT2D eigenvalue weighted by atomic mass is 35.5. The van der Waals surface area contributed by atoms with E-state index in [0.717, 1.165) is 0 Å². The van der Waals surface area contributed by atoms with Gasteiger partial charge in [0.1, 0.15) is 11.9 Å². The monoisotopic (exact) mass is 354 g/mol. The first-order chi connectivity index (χ1) is 11.5. The van der Waals surface area contributed by atoms with E-state index in [1.54, 1.807) is 6.07 Å². The molecule has 0 saturated carbocycles. The van der Waals surface area contributed by atoms with Crippen molar-refractivity contribution >= 4 is 17.5 Å². The number of carbonyl (C=O) groups excluding carboxylic acids is 1. The van der Waals surface area contributed by atoms with Crippen molar-refractivity contribution < 1.29 is 18.8 Å². The first-order valence-corrected chi connectivity index (χ1v) is 7.79. The molecule has 7 nitrogen and oxygen atoms in total. The highest BCUT2D eigenvalue weighted by Gasteiger charge is 2.38. The molecule has 1 aromatic heterocycles. The van der Waals surface area contributed by atoms with Crippen LogP contribution < -0.4 is 5.73 Å². The van der Waals surface area contributed by atoms with Crippen molar-refractivity contribution in [3.8, 4) is 0 Å². The van der Waals surface area contributed by atoms with Crippen LogP contribution in [0.25, 0.3) is 0 Å². The number of aliphatic hydroxyl groups is 1. The van der Waals surface area contributed by atoms with Gasteiger partial charge in [-0.15, -0.1) is 0 Å². The highest BCUT2D eigenvalue weighted by Crippen LogP contribution is 2.31. The molecule has 0 bridgehead atoms. The third-order valence-electron chi connectivity index (χ3n) is 3.91. The average molecular weight is 355 g/mol. The number of likely N-dealkylation sites (tertiary alicyclic amines) is 1. The summed E-state index contributed by atoms with van der Waals surface area (Å²) in [5.74, 6) is -0.118. The molecular weight excluding hydrogens is 339 g/mol. The summed E-state index contributed by atoms with van der Waals surface area (Å²) in [6, 6.07) is 3.57. The molecular formula is C15H16ClFN4O3. The Labute approximate surface area is 142 Å². The number of nitrogens with two attached hydrogens (primary N) is 1. The van der Waals surface area contributed by atoms with Gasteiger partial charge in [0.05, 0.1) is 12.6 Å². The number of benzene rings is 1. The predicted molar refractivity (Wildman–Crippen MR) is 82.6 cm³/mol. The number of rotatable bonds is 4. The number of hydrogen-bond donors (Lipinski definition) is 2. The Bertz CT molecular complexity index is 754. The molecule has 0 aliphatic carbocycles. The minimum absolute atomic E-state index is 0.157. The van der Waals surface area contributed by atoms with E-state index in [1.807, 2.05) is 0 Å². The lowest BCUT2D eigenvalue weighted by Crippen LogP contribution is -2.36. The largest absolute Gasteiger partial charge is 0.391 e. The maximum Gasteiger partial charge on any atom is 0.249 e. The second-order valence-corrected chi connectivity index (χ2v) is 6.02. The van der Waals surface area contributed by atoms with Crippen molar-refractivity contribution in [2.24, 2.45) is 5.73 Å². The van der Waals surface area contributed by atoms with Crippen molar-refractivity contribution in [1.29, 1.82) is 0 Å². The highest BCUT2D eigenvalue weighted by molar-refractivity contribution is 6.31. The fourth-order valence-electron chi connectivity index (χ4n) is 2.75. The first-order valence-electron chi connectivity index (χ1n) is 7.42. The number of halogens is 2. The van der Waals surface area contributed by atoms with E-state index in [4.69, 9.17) is 21.9 Å². The van der Waals surface area contributed by atoms with Crippen LogP contribution in [0.3, 0.4) is 0 Å². The fourth-order valence-corrected chi connectivity index (χ4v) is 2.98. The van der Waals surface area contributed by atoms with Crippen LogP contribution in [0, 0.1) is 5.82 Å². The van der Waals surface area contributed by atoms with Gasteiger partial charge in [0.15, 0.2) is 5.82 Å². The van der Waals surface area contributed by atoms with Crippen LogP contribution in [0.15, 0.2) is 22.7 Å². The normalized spacial score (nSPS) is 20.6. The summed E-state index contributed by atoms with van der Waals surface area (Å²) in [5.41, 5.74) is 6.05. The van der Waals surface area contributed by atoms with Crippen molar-refractivity contribution in [2.75, 3.05) is 13.1 Å². The molecule has 2 atom stereocenters. The minimum atomic E-state index is -0.660. The molecule has 1 aliphatic heterocycles. The standard InChI is InChI=1S/C15H16ClFN4O3/c16-11-4-9(17)2-1-8(11)3-13-19-15(24-20-13)12-5-10(22)7-21(12)14(23)6-18/h1-2,4,10,12,22H,3,5-7,18H2/t10-,12+/m1/s1. The zero-order chi connectivity index (χ0) is 17.3. The molecule has 1 aliphatic rings. The van der Waals surface area contributed by atoms with E-state index in [1.165, 1.54) is 17.0 Å². The SMILES string of the molecule is NCC(=O)N1C[C@H](O)C[C@H]1c1nc(Cc2ccc(F)cc2Cl)no1. The number of amides is 1. The second-order valence-electron chi connectivity index (χ2n) is 5.62. The Kier molecular flexibility index (Phi) is 4.79. The summed E-state index contributed by atoms with van der Waals surface area (Å²) in [4.78, 5) is 17.6. The van der Waals surface area contributed by atoms with E-state index in [2.05, 4.69) is 10.1 Å². The van der Waals surface area contributed by atoms with Gasteiger partial charge < -0.3 is 20.3 Å². The zero-order valence-electron chi connectivity index (χ0n) is 12.7. The van der Waals surface area contributed by atoms with Crippen LogP contribution in [-0.2, 0) is 11.2 Å². The quantitative estimate of drug-likeness (QED) is 0.850.